The Morgan fingerprint density at radius 3 is 1.61 bits per heavy atom. The molecule has 0 bridgehead atoms. The van der Waals surface area contributed by atoms with Crippen molar-refractivity contribution in [3.05, 3.63) is 75.3 Å². The molecule has 0 atom stereocenters. The van der Waals surface area contributed by atoms with Gasteiger partial charge in [0.05, 0.1) is 5.02 Å². The lowest BCUT2D eigenvalue weighted by Crippen LogP contribution is -2.27. The molecule has 0 amide bonds. The van der Waals surface area contributed by atoms with Crippen LogP contribution in [0.25, 0.3) is 0 Å². The quantitative estimate of drug-likeness (QED) is 0.458. The Labute approximate surface area is 185 Å². The number of benzene rings is 3. The second kappa shape index (κ2) is 7.36. The first kappa shape index (κ1) is 21.9. The fraction of sp³-hybridized carbons (Fsp3) is 0.250. The van der Waals surface area contributed by atoms with Crippen LogP contribution in [0.3, 0.4) is 0 Å². The predicted molar refractivity (Wildman–Crippen MR) is 121 cm³/mol. The molecule has 1 aliphatic rings. The lowest BCUT2D eigenvalue weighted by molar-refractivity contribution is -0.286. The van der Waals surface area contributed by atoms with Gasteiger partial charge in [0.15, 0.2) is 18.6 Å². The van der Waals surface area contributed by atoms with Crippen molar-refractivity contribution in [3.63, 3.8) is 0 Å². The molecule has 0 fully saturated rings. The molecule has 0 radical (unpaired) electrons. The highest BCUT2D eigenvalue weighted by atomic mass is 35.5. The minimum Gasteiger partial charge on any atom is -0.395 e. The molecule has 0 spiro atoms. The first-order valence-electron chi connectivity index (χ1n) is 9.78. The number of hydrogen-bond donors (Lipinski definition) is 0. The molecule has 0 saturated heterocycles. The maximum Gasteiger partial charge on any atom is 0.586 e. The molecule has 7 heteroatoms. The number of aryl methyl sites for hydroxylation is 5. The zero-order valence-corrected chi connectivity index (χ0v) is 19.5. The molecule has 3 aromatic carbocycles. The summed E-state index contributed by atoms with van der Waals surface area (Å²) in [5.41, 5.74) is 4.15. The third kappa shape index (κ3) is 3.75. The molecule has 1 heterocycles. The third-order valence-electron chi connectivity index (χ3n) is 5.26. The molecule has 0 saturated carbocycles. The summed E-state index contributed by atoms with van der Waals surface area (Å²) in [6.07, 6.45) is -3.82. The summed E-state index contributed by atoms with van der Waals surface area (Å²) in [6, 6.07) is 13.0. The summed E-state index contributed by atoms with van der Waals surface area (Å²) in [4.78, 5) is 0. The summed E-state index contributed by atoms with van der Waals surface area (Å²) < 4.78 is 51.9. The lowest BCUT2D eigenvalue weighted by atomic mass is 10.2. The summed E-state index contributed by atoms with van der Waals surface area (Å²) in [7, 11) is -3.54. The van der Waals surface area contributed by atoms with Crippen LogP contribution in [-0.2, 0) is 4.57 Å². The minimum atomic E-state index is -3.82. The van der Waals surface area contributed by atoms with Crippen molar-refractivity contribution in [2.24, 2.45) is 0 Å². The summed E-state index contributed by atoms with van der Waals surface area (Å²) in [5, 5.41) is 1.30. The van der Waals surface area contributed by atoms with Gasteiger partial charge < -0.3 is 14.0 Å². The zero-order chi connectivity index (χ0) is 22.7. The van der Waals surface area contributed by atoms with Crippen molar-refractivity contribution in [2.45, 2.75) is 40.9 Å². The lowest BCUT2D eigenvalue weighted by Gasteiger charge is -2.24. The van der Waals surface area contributed by atoms with E-state index in [1.54, 1.807) is 13.0 Å². The highest BCUT2D eigenvalue weighted by Crippen LogP contribution is 2.53. The van der Waals surface area contributed by atoms with Crippen molar-refractivity contribution >= 4 is 34.7 Å². The van der Waals surface area contributed by atoms with Crippen molar-refractivity contribution in [1.29, 1.82) is 0 Å². The van der Waals surface area contributed by atoms with Crippen LogP contribution in [0.5, 0.6) is 11.5 Å². The standard InChI is InChI=1S/C24H22ClF2O3P/c1-13-6-14(2)9-18(8-13)31(28,19-10-15(3)7-16(4)11-19)20-12-17(5)22-23(21(20)25)30-24(26,27)29-22/h6-12H,1-5H3. The number of ether oxygens (including phenoxy) is 2. The molecule has 3 aromatic rings. The Balaban J connectivity index is 2.09. The van der Waals surface area contributed by atoms with Crippen LogP contribution in [0.1, 0.15) is 27.8 Å². The first-order valence-corrected chi connectivity index (χ1v) is 11.9. The number of rotatable bonds is 3. The van der Waals surface area contributed by atoms with Gasteiger partial charge in [-0.25, -0.2) is 0 Å². The molecule has 1 aliphatic heterocycles. The predicted octanol–water partition coefficient (Wildman–Crippen LogP) is 5.84. The van der Waals surface area contributed by atoms with Crippen LogP contribution in [0.2, 0.25) is 5.02 Å². The van der Waals surface area contributed by atoms with Crippen molar-refractivity contribution in [1.82, 2.24) is 0 Å². The molecule has 0 aromatic heterocycles. The van der Waals surface area contributed by atoms with Crippen LogP contribution < -0.4 is 25.4 Å². The molecular weight excluding hydrogens is 441 g/mol. The van der Waals surface area contributed by atoms with Gasteiger partial charge in [0.25, 0.3) is 0 Å². The Bertz CT molecular complexity index is 1170. The highest BCUT2D eigenvalue weighted by molar-refractivity contribution is 7.85. The average molecular weight is 463 g/mol. The molecule has 0 aliphatic carbocycles. The van der Waals surface area contributed by atoms with Crippen LogP contribution in [0.4, 0.5) is 8.78 Å². The topological polar surface area (TPSA) is 35.5 Å². The van der Waals surface area contributed by atoms with E-state index in [1.165, 1.54) is 0 Å². The van der Waals surface area contributed by atoms with Crippen LogP contribution >= 0.6 is 18.7 Å². The van der Waals surface area contributed by atoms with E-state index in [0.29, 0.717) is 16.2 Å². The van der Waals surface area contributed by atoms with E-state index in [-0.39, 0.29) is 21.8 Å². The van der Waals surface area contributed by atoms with Gasteiger partial charge in [0, 0.05) is 15.9 Å². The van der Waals surface area contributed by atoms with E-state index < -0.39 is 13.4 Å². The normalized spacial score (nSPS) is 14.7. The van der Waals surface area contributed by atoms with Gasteiger partial charge in [-0.1, -0.05) is 46.0 Å². The van der Waals surface area contributed by atoms with E-state index in [1.807, 2.05) is 64.1 Å². The smallest absolute Gasteiger partial charge is 0.395 e. The van der Waals surface area contributed by atoms with Crippen LogP contribution in [0.15, 0.2) is 42.5 Å². The number of halogens is 3. The Morgan fingerprint density at radius 2 is 1.16 bits per heavy atom. The molecule has 0 N–H and O–H groups in total. The second-order valence-electron chi connectivity index (χ2n) is 8.15. The van der Waals surface area contributed by atoms with Gasteiger partial charge in [-0.15, -0.1) is 8.78 Å². The highest BCUT2D eigenvalue weighted by Gasteiger charge is 2.47. The molecule has 3 nitrogen and oxygen atoms in total. The van der Waals surface area contributed by atoms with Gasteiger partial charge in [0.1, 0.15) is 0 Å². The van der Waals surface area contributed by atoms with Crippen molar-refractivity contribution < 1.29 is 22.8 Å². The third-order valence-corrected chi connectivity index (χ3v) is 8.77. The van der Waals surface area contributed by atoms with E-state index >= 15 is 0 Å². The first-order chi connectivity index (χ1) is 14.4. The summed E-state index contributed by atoms with van der Waals surface area (Å²) in [5.74, 6) is -0.415. The SMILES string of the molecule is Cc1cc(C)cc(P(=O)(c2cc(C)cc(C)c2)c2cc(C)c3c(c2Cl)OC(F)(F)O3)c1. The van der Waals surface area contributed by atoms with E-state index in [4.69, 9.17) is 16.3 Å². The largest absolute Gasteiger partial charge is 0.586 e. The monoisotopic (exact) mass is 462 g/mol. The van der Waals surface area contributed by atoms with E-state index in [2.05, 4.69) is 4.74 Å². The maximum atomic E-state index is 15.0. The van der Waals surface area contributed by atoms with Crippen molar-refractivity contribution in [2.75, 3.05) is 0 Å². The molecular formula is C24H22ClF2O3P. The minimum absolute atomic E-state index is 0.126. The molecule has 31 heavy (non-hydrogen) atoms. The fourth-order valence-electron chi connectivity index (χ4n) is 4.13. The zero-order valence-electron chi connectivity index (χ0n) is 17.8. The Kier molecular flexibility index (Phi) is 5.19. The van der Waals surface area contributed by atoms with E-state index in [0.717, 1.165) is 22.3 Å². The molecule has 0 unspecified atom stereocenters. The van der Waals surface area contributed by atoms with Gasteiger partial charge >= 0.3 is 6.29 Å². The number of alkyl halides is 2. The van der Waals surface area contributed by atoms with Crippen LogP contribution in [-0.4, -0.2) is 6.29 Å². The molecule has 162 valence electrons. The number of fused-ring (bicyclic) bond motifs is 1. The fourth-order valence-corrected chi connectivity index (χ4v) is 7.81. The number of hydrogen-bond acceptors (Lipinski definition) is 3. The van der Waals surface area contributed by atoms with Gasteiger partial charge in [-0.3, -0.25) is 0 Å². The summed E-state index contributed by atoms with van der Waals surface area (Å²) in [6.45, 7) is 9.31. The Hall–Kier alpha value is -2.36. The second-order valence-corrected chi connectivity index (χ2v) is 11.3. The van der Waals surface area contributed by atoms with Crippen LogP contribution in [0, 0.1) is 34.6 Å². The summed E-state index contributed by atoms with van der Waals surface area (Å²) >= 11 is 6.59. The van der Waals surface area contributed by atoms with Gasteiger partial charge in [-0.2, -0.15) is 0 Å². The van der Waals surface area contributed by atoms with Gasteiger partial charge in [0.2, 0.25) is 0 Å². The van der Waals surface area contributed by atoms with Crippen molar-refractivity contribution in [3.8, 4) is 11.5 Å². The Morgan fingerprint density at radius 1 is 0.742 bits per heavy atom. The van der Waals surface area contributed by atoms with E-state index in [9.17, 15) is 13.3 Å². The average Bonchev–Trinajstić information content (AvgIpc) is 2.99. The molecule has 4 rings (SSSR count). The maximum absolute atomic E-state index is 15.0. The van der Waals surface area contributed by atoms with Gasteiger partial charge in [-0.05, 0) is 70.5 Å².